The van der Waals surface area contributed by atoms with Gasteiger partial charge in [0.2, 0.25) is 0 Å². The Kier molecular flexibility index (Phi) is 3.04. The highest BCUT2D eigenvalue weighted by Gasteiger charge is 2.47. The number of rotatable bonds is 2. The molecule has 1 saturated carbocycles. The molecule has 4 heteroatoms. The van der Waals surface area contributed by atoms with Gasteiger partial charge in [-0.2, -0.15) is 0 Å². The standard InChI is InChI=1S/C12H13BrO3/c1-16-11(14)8-6-12(15,7-8)9-3-2-4-10(13)5-9/h2-5,8,15H,6-7H2,1H3. The lowest BCUT2D eigenvalue weighted by molar-refractivity contribution is -0.163. The minimum atomic E-state index is -0.872. The van der Waals surface area contributed by atoms with Crippen LogP contribution in [0.15, 0.2) is 28.7 Å². The topological polar surface area (TPSA) is 46.5 Å². The van der Waals surface area contributed by atoms with Crippen molar-refractivity contribution in [1.82, 2.24) is 0 Å². The summed E-state index contributed by atoms with van der Waals surface area (Å²) in [6.07, 6.45) is 0.881. The molecule has 0 aliphatic heterocycles. The van der Waals surface area contributed by atoms with Gasteiger partial charge in [0.25, 0.3) is 0 Å². The van der Waals surface area contributed by atoms with Crippen LogP contribution in [0.25, 0.3) is 0 Å². The summed E-state index contributed by atoms with van der Waals surface area (Å²) in [5, 5.41) is 10.3. The van der Waals surface area contributed by atoms with Gasteiger partial charge in [-0.15, -0.1) is 0 Å². The minimum Gasteiger partial charge on any atom is -0.469 e. The Morgan fingerprint density at radius 1 is 1.56 bits per heavy atom. The smallest absolute Gasteiger partial charge is 0.308 e. The van der Waals surface area contributed by atoms with E-state index in [2.05, 4.69) is 20.7 Å². The second-order valence-electron chi connectivity index (χ2n) is 4.17. The van der Waals surface area contributed by atoms with Gasteiger partial charge in [-0.25, -0.2) is 0 Å². The molecule has 1 aliphatic carbocycles. The lowest BCUT2D eigenvalue weighted by Crippen LogP contribution is -2.44. The van der Waals surface area contributed by atoms with Crippen molar-refractivity contribution < 1.29 is 14.6 Å². The third-order valence-electron chi connectivity index (χ3n) is 3.06. The fourth-order valence-electron chi connectivity index (χ4n) is 2.10. The van der Waals surface area contributed by atoms with Crippen LogP contribution in [0.2, 0.25) is 0 Å². The number of hydrogen-bond acceptors (Lipinski definition) is 3. The summed E-state index contributed by atoms with van der Waals surface area (Å²) >= 11 is 3.36. The Hall–Kier alpha value is -0.870. The van der Waals surface area contributed by atoms with Gasteiger partial charge < -0.3 is 9.84 Å². The molecule has 1 aliphatic rings. The predicted octanol–water partition coefficient (Wildman–Crippen LogP) is 2.22. The Bertz CT molecular complexity index is 410. The summed E-state index contributed by atoms with van der Waals surface area (Å²) in [6, 6.07) is 7.54. The molecule has 1 aromatic carbocycles. The molecule has 0 spiro atoms. The summed E-state index contributed by atoms with van der Waals surface area (Å²) in [5.74, 6) is -0.409. The van der Waals surface area contributed by atoms with E-state index in [0.29, 0.717) is 12.8 Å². The molecular formula is C12H13BrO3. The quantitative estimate of drug-likeness (QED) is 0.847. The highest BCUT2D eigenvalue weighted by atomic mass is 79.9. The molecule has 2 rings (SSSR count). The van der Waals surface area contributed by atoms with Gasteiger partial charge in [0, 0.05) is 4.47 Å². The van der Waals surface area contributed by atoms with Crippen LogP contribution >= 0.6 is 15.9 Å². The van der Waals surface area contributed by atoms with Crippen LogP contribution < -0.4 is 0 Å². The maximum atomic E-state index is 11.2. The van der Waals surface area contributed by atoms with E-state index in [1.807, 2.05) is 24.3 Å². The van der Waals surface area contributed by atoms with E-state index in [1.54, 1.807) is 0 Å². The van der Waals surface area contributed by atoms with Crippen LogP contribution in [0.5, 0.6) is 0 Å². The first-order chi connectivity index (χ1) is 7.55. The number of halogens is 1. The molecule has 16 heavy (non-hydrogen) atoms. The van der Waals surface area contributed by atoms with Crippen LogP contribution in [0.4, 0.5) is 0 Å². The molecule has 0 amide bonds. The number of hydrogen-bond donors (Lipinski definition) is 1. The summed E-state index contributed by atoms with van der Waals surface area (Å²) in [6.45, 7) is 0. The average molecular weight is 285 g/mol. The van der Waals surface area contributed by atoms with Crippen LogP contribution in [-0.2, 0) is 15.1 Å². The highest BCUT2D eigenvalue weighted by molar-refractivity contribution is 9.10. The van der Waals surface area contributed by atoms with Gasteiger partial charge in [-0.05, 0) is 30.5 Å². The maximum absolute atomic E-state index is 11.2. The van der Waals surface area contributed by atoms with Gasteiger partial charge in [0.15, 0.2) is 0 Å². The Morgan fingerprint density at radius 2 is 2.25 bits per heavy atom. The van der Waals surface area contributed by atoms with Crippen molar-refractivity contribution >= 4 is 21.9 Å². The van der Waals surface area contributed by atoms with Crippen LogP contribution in [-0.4, -0.2) is 18.2 Å². The first kappa shape index (κ1) is 11.6. The molecule has 0 saturated heterocycles. The number of methoxy groups -OCH3 is 1. The van der Waals surface area contributed by atoms with Crippen molar-refractivity contribution in [1.29, 1.82) is 0 Å². The van der Waals surface area contributed by atoms with Crippen LogP contribution in [0, 0.1) is 5.92 Å². The fraction of sp³-hybridized carbons (Fsp3) is 0.417. The third kappa shape index (κ3) is 1.99. The number of esters is 1. The van der Waals surface area contributed by atoms with Gasteiger partial charge in [0.05, 0.1) is 18.6 Å². The molecule has 1 fully saturated rings. The molecule has 0 unspecified atom stereocenters. The minimum absolute atomic E-state index is 0.172. The van der Waals surface area contributed by atoms with E-state index < -0.39 is 5.60 Å². The average Bonchev–Trinajstić information content (AvgIpc) is 2.23. The number of carbonyl (C=O) groups is 1. The lowest BCUT2D eigenvalue weighted by atomic mass is 9.67. The lowest BCUT2D eigenvalue weighted by Gasteiger charge is -2.42. The molecule has 3 nitrogen and oxygen atoms in total. The van der Waals surface area contributed by atoms with E-state index in [-0.39, 0.29) is 11.9 Å². The van der Waals surface area contributed by atoms with Crippen molar-refractivity contribution in [2.24, 2.45) is 5.92 Å². The van der Waals surface area contributed by atoms with Crippen LogP contribution in [0.1, 0.15) is 18.4 Å². The molecule has 0 atom stereocenters. The van der Waals surface area contributed by atoms with Crippen molar-refractivity contribution in [3.05, 3.63) is 34.3 Å². The molecule has 0 radical (unpaired) electrons. The number of carbonyl (C=O) groups excluding carboxylic acids is 1. The monoisotopic (exact) mass is 284 g/mol. The summed E-state index contributed by atoms with van der Waals surface area (Å²) in [7, 11) is 1.37. The fourth-order valence-corrected chi connectivity index (χ4v) is 2.50. The van der Waals surface area contributed by atoms with Gasteiger partial charge in [-0.1, -0.05) is 28.1 Å². The van der Waals surface area contributed by atoms with Crippen molar-refractivity contribution in [2.75, 3.05) is 7.11 Å². The molecule has 0 heterocycles. The van der Waals surface area contributed by atoms with E-state index in [9.17, 15) is 9.90 Å². The second kappa shape index (κ2) is 4.18. The molecule has 86 valence electrons. The Labute approximate surface area is 103 Å². The normalized spacial score (nSPS) is 28.3. The summed E-state index contributed by atoms with van der Waals surface area (Å²) in [5.41, 5.74) is -0.0233. The van der Waals surface area contributed by atoms with E-state index >= 15 is 0 Å². The zero-order valence-corrected chi connectivity index (χ0v) is 10.5. The van der Waals surface area contributed by atoms with Gasteiger partial charge in [-0.3, -0.25) is 4.79 Å². The second-order valence-corrected chi connectivity index (χ2v) is 5.09. The molecule has 0 bridgehead atoms. The number of benzene rings is 1. The zero-order chi connectivity index (χ0) is 11.8. The maximum Gasteiger partial charge on any atom is 0.308 e. The zero-order valence-electron chi connectivity index (χ0n) is 8.94. The SMILES string of the molecule is COC(=O)C1CC(O)(c2cccc(Br)c2)C1. The number of aliphatic hydroxyl groups is 1. The predicted molar refractivity (Wildman–Crippen MR) is 62.8 cm³/mol. The molecule has 1 N–H and O–H groups in total. The first-order valence-electron chi connectivity index (χ1n) is 5.11. The van der Waals surface area contributed by atoms with Crippen LogP contribution in [0.3, 0.4) is 0 Å². The Morgan fingerprint density at radius 3 is 2.81 bits per heavy atom. The number of ether oxygens (including phenoxy) is 1. The van der Waals surface area contributed by atoms with Crippen molar-refractivity contribution in [3.8, 4) is 0 Å². The van der Waals surface area contributed by atoms with E-state index in [0.717, 1.165) is 10.0 Å². The van der Waals surface area contributed by atoms with Crippen molar-refractivity contribution in [2.45, 2.75) is 18.4 Å². The van der Waals surface area contributed by atoms with Gasteiger partial charge in [0.1, 0.15) is 0 Å². The first-order valence-corrected chi connectivity index (χ1v) is 5.91. The third-order valence-corrected chi connectivity index (χ3v) is 3.56. The molecule has 0 aromatic heterocycles. The molecular weight excluding hydrogens is 272 g/mol. The largest absolute Gasteiger partial charge is 0.469 e. The van der Waals surface area contributed by atoms with E-state index in [1.165, 1.54) is 7.11 Å². The highest BCUT2D eigenvalue weighted by Crippen LogP contribution is 2.46. The Balaban J connectivity index is 2.10. The van der Waals surface area contributed by atoms with E-state index in [4.69, 9.17) is 0 Å². The van der Waals surface area contributed by atoms with Gasteiger partial charge >= 0.3 is 5.97 Å². The van der Waals surface area contributed by atoms with Crippen molar-refractivity contribution in [3.63, 3.8) is 0 Å². The summed E-state index contributed by atoms with van der Waals surface area (Å²) in [4.78, 5) is 11.2. The summed E-state index contributed by atoms with van der Waals surface area (Å²) < 4.78 is 5.58. The molecule has 1 aromatic rings.